The van der Waals surface area contributed by atoms with Gasteiger partial charge in [-0.1, -0.05) is 19.1 Å². The van der Waals surface area contributed by atoms with Crippen LogP contribution in [-0.2, 0) is 12.6 Å². The Hall–Kier alpha value is -2.48. The van der Waals surface area contributed by atoms with Crippen molar-refractivity contribution in [2.45, 2.75) is 37.2 Å². The number of piperidine rings is 1. The number of carbonyl (C=O) groups is 2. The van der Waals surface area contributed by atoms with E-state index in [1.807, 2.05) is 29.2 Å². The zero-order chi connectivity index (χ0) is 22.9. The Balaban J connectivity index is 1.44. The number of halogens is 3. The Bertz CT molecular complexity index is 982. The van der Waals surface area contributed by atoms with E-state index in [2.05, 4.69) is 6.92 Å². The van der Waals surface area contributed by atoms with Gasteiger partial charge in [-0.2, -0.15) is 13.2 Å². The number of benzene rings is 2. The first kappa shape index (κ1) is 22.7. The van der Waals surface area contributed by atoms with Crippen molar-refractivity contribution < 1.29 is 22.8 Å². The van der Waals surface area contributed by atoms with Gasteiger partial charge in [0.25, 0.3) is 11.8 Å². The highest BCUT2D eigenvalue weighted by Crippen LogP contribution is 2.44. The maximum Gasteiger partial charge on any atom is 0.416 e. The molecule has 2 saturated heterocycles. The number of rotatable bonds is 3. The summed E-state index contributed by atoms with van der Waals surface area (Å²) in [5, 5.41) is 0. The second kappa shape index (κ2) is 8.81. The number of hydrogen-bond acceptors (Lipinski definition) is 3. The number of carbonyl (C=O) groups excluding carboxylic acids is 2. The van der Waals surface area contributed by atoms with Gasteiger partial charge in [0, 0.05) is 36.5 Å². The fourth-order valence-electron chi connectivity index (χ4n) is 4.39. The van der Waals surface area contributed by atoms with Crippen LogP contribution in [0.5, 0.6) is 0 Å². The molecule has 0 N–H and O–H groups in total. The second-order valence-electron chi connectivity index (χ2n) is 8.17. The van der Waals surface area contributed by atoms with Gasteiger partial charge < -0.3 is 9.80 Å². The van der Waals surface area contributed by atoms with Crippen LogP contribution in [0.3, 0.4) is 0 Å². The number of nitrogens with zero attached hydrogens (tertiary/aromatic N) is 2. The van der Waals surface area contributed by atoms with Gasteiger partial charge in [-0.05, 0) is 61.2 Å². The summed E-state index contributed by atoms with van der Waals surface area (Å²) in [6.07, 6.45) is -2.23. The van der Waals surface area contributed by atoms with E-state index in [9.17, 15) is 22.8 Å². The number of aryl methyl sites for hydroxylation is 1. The van der Waals surface area contributed by atoms with Crippen molar-refractivity contribution in [1.29, 1.82) is 0 Å². The average molecular weight is 463 g/mol. The third kappa shape index (κ3) is 4.37. The van der Waals surface area contributed by atoms with Gasteiger partial charge in [-0.25, -0.2) is 0 Å². The van der Waals surface area contributed by atoms with Gasteiger partial charge in [-0.3, -0.25) is 9.59 Å². The van der Waals surface area contributed by atoms with Gasteiger partial charge in [0.15, 0.2) is 0 Å². The molecule has 8 heteroatoms. The number of thioether (sulfide) groups is 1. The summed E-state index contributed by atoms with van der Waals surface area (Å²) in [7, 11) is 0. The smallest absolute Gasteiger partial charge is 0.338 e. The van der Waals surface area contributed by atoms with E-state index >= 15 is 0 Å². The Kier molecular flexibility index (Phi) is 6.25. The first-order valence-electron chi connectivity index (χ1n) is 10.7. The lowest BCUT2D eigenvalue weighted by molar-refractivity contribution is -0.137. The largest absolute Gasteiger partial charge is 0.416 e. The molecular formula is C24H25F3N2O2S. The Morgan fingerprint density at radius 1 is 0.906 bits per heavy atom. The van der Waals surface area contributed by atoms with Crippen LogP contribution in [0.4, 0.5) is 13.2 Å². The maximum absolute atomic E-state index is 13.1. The fourth-order valence-corrected chi connectivity index (χ4v) is 5.85. The molecule has 4 nitrogen and oxygen atoms in total. The zero-order valence-electron chi connectivity index (χ0n) is 17.8. The predicted molar refractivity (Wildman–Crippen MR) is 119 cm³/mol. The molecule has 4 rings (SSSR count). The topological polar surface area (TPSA) is 40.6 Å². The lowest BCUT2D eigenvalue weighted by Crippen LogP contribution is -2.53. The van der Waals surface area contributed by atoms with Gasteiger partial charge in [0.05, 0.1) is 10.4 Å². The van der Waals surface area contributed by atoms with Crippen molar-refractivity contribution in [2.75, 3.05) is 25.4 Å². The van der Waals surface area contributed by atoms with Gasteiger partial charge in [0.1, 0.15) is 0 Å². The Labute approximate surface area is 189 Å². The van der Waals surface area contributed by atoms with E-state index in [1.54, 1.807) is 16.7 Å². The fraction of sp³-hybridized carbons (Fsp3) is 0.417. The molecule has 0 radical (unpaired) electrons. The molecule has 2 aromatic rings. The summed E-state index contributed by atoms with van der Waals surface area (Å²) >= 11 is 1.71. The highest BCUT2D eigenvalue weighted by Gasteiger charge is 2.47. The summed E-state index contributed by atoms with van der Waals surface area (Å²) < 4.78 is 38.5. The SMILES string of the molecule is CCc1ccc(C(=O)N2CCC3(CC2)SCCN3C(=O)c2ccc(C(F)(F)F)cc2)cc1. The van der Waals surface area contributed by atoms with Crippen molar-refractivity contribution in [3.8, 4) is 0 Å². The molecule has 0 unspecified atom stereocenters. The van der Waals surface area contributed by atoms with Crippen LogP contribution < -0.4 is 0 Å². The molecule has 0 bridgehead atoms. The minimum Gasteiger partial charge on any atom is -0.338 e. The van der Waals surface area contributed by atoms with E-state index in [-0.39, 0.29) is 17.4 Å². The summed E-state index contributed by atoms with van der Waals surface area (Å²) in [4.78, 5) is 29.2. The minimum atomic E-state index is -4.43. The van der Waals surface area contributed by atoms with Gasteiger partial charge in [-0.15, -0.1) is 11.8 Å². The molecule has 0 saturated carbocycles. The molecule has 2 fully saturated rings. The molecule has 1 spiro atoms. The van der Waals surface area contributed by atoms with Crippen molar-refractivity contribution >= 4 is 23.6 Å². The number of likely N-dealkylation sites (tertiary alicyclic amines) is 1. The predicted octanol–water partition coefficient (Wildman–Crippen LogP) is 5.09. The quantitative estimate of drug-likeness (QED) is 0.638. The van der Waals surface area contributed by atoms with Crippen LogP contribution >= 0.6 is 11.8 Å². The van der Waals surface area contributed by atoms with E-state index < -0.39 is 16.6 Å². The summed E-state index contributed by atoms with van der Waals surface area (Å²) in [6.45, 7) is 3.70. The molecule has 32 heavy (non-hydrogen) atoms. The van der Waals surface area contributed by atoms with Crippen LogP contribution in [0.1, 0.15) is 51.6 Å². The van der Waals surface area contributed by atoms with E-state index in [1.165, 1.54) is 17.7 Å². The molecule has 2 aromatic carbocycles. The first-order valence-corrected chi connectivity index (χ1v) is 11.7. The average Bonchev–Trinajstić information content (AvgIpc) is 3.21. The molecule has 0 atom stereocenters. The van der Waals surface area contributed by atoms with E-state index in [4.69, 9.17) is 0 Å². The first-order chi connectivity index (χ1) is 15.2. The monoisotopic (exact) mass is 462 g/mol. The highest BCUT2D eigenvalue weighted by molar-refractivity contribution is 8.00. The van der Waals surface area contributed by atoms with Crippen LogP contribution in [0.2, 0.25) is 0 Å². The van der Waals surface area contributed by atoms with Crippen molar-refractivity contribution in [1.82, 2.24) is 9.80 Å². The molecule has 0 aliphatic carbocycles. The Morgan fingerprint density at radius 3 is 2.03 bits per heavy atom. The second-order valence-corrected chi connectivity index (χ2v) is 9.63. The number of amides is 2. The summed E-state index contributed by atoms with van der Waals surface area (Å²) in [5.41, 5.74) is 1.33. The maximum atomic E-state index is 13.1. The molecule has 2 aliphatic rings. The van der Waals surface area contributed by atoms with E-state index in [0.29, 0.717) is 38.0 Å². The van der Waals surface area contributed by atoms with Gasteiger partial charge >= 0.3 is 6.18 Å². The molecule has 2 amide bonds. The summed E-state index contributed by atoms with van der Waals surface area (Å²) in [6, 6.07) is 12.1. The van der Waals surface area contributed by atoms with Crippen LogP contribution in [0, 0.1) is 0 Å². The standard InChI is InChI=1S/C24H25F3N2O2S/c1-2-17-3-5-18(6-4-17)21(30)28-13-11-23(12-14-28)29(15-16-32-23)22(31)19-7-9-20(10-8-19)24(25,26)27/h3-10H,2,11-16H2,1H3. The highest BCUT2D eigenvalue weighted by atomic mass is 32.2. The molecule has 2 aliphatic heterocycles. The third-order valence-electron chi connectivity index (χ3n) is 6.32. The van der Waals surface area contributed by atoms with Crippen molar-refractivity contribution in [3.05, 3.63) is 70.8 Å². The minimum absolute atomic E-state index is 0.00823. The number of hydrogen-bond donors (Lipinski definition) is 0. The Morgan fingerprint density at radius 2 is 1.47 bits per heavy atom. The lowest BCUT2D eigenvalue weighted by Gasteiger charge is -2.44. The number of alkyl halides is 3. The molecule has 2 heterocycles. The van der Waals surface area contributed by atoms with Crippen molar-refractivity contribution in [3.63, 3.8) is 0 Å². The normalized spacial score (nSPS) is 18.2. The van der Waals surface area contributed by atoms with Crippen LogP contribution in [-0.4, -0.2) is 51.9 Å². The third-order valence-corrected chi connectivity index (χ3v) is 7.88. The lowest BCUT2D eigenvalue weighted by atomic mass is 9.99. The van der Waals surface area contributed by atoms with Crippen LogP contribution in [0.25, 0.3) is 0 Å². The summed E-state index contributed by atoms with van der Waals surface area (Å²) in [5.74, 6) is 0.517. The molecular weight excluding hydrogens is 437 g/mol. The molecule has 0 aromatic heterocycles. The van der Waals surface area contributed by atoms with Crippen LogP contribution in [0.15, 0.2) is 48.5 Å². The van der Waals surface area contributed by atoms with Crippen molar-refractivity contribution in [2.24, 2.45) is 0 Å². The van der Waals surface area contributed by atoms with E-state index in [0.717, 1.165) is 24.3 Å². The zero-order valence-corrected chi connectivity index (χ0v) is 18.6. The van der Waals surface area contributed by atoms with Gasteiger partial charge in [0.2, 0.25) is 0 Å². The molecule has 170 valence electrons.